The molecule has 0 saturated heterocycles. The highest BCUT2D eigenvalue weighted by Gasteiger charge is 2.03. The molecule has 0 unspecified atom stereocenters. The Bertz CT molecular complexity index is 467. The molecule has 0 fully saturated rings. The maximum absolute atomic E-state index is 5.63. The highest BCUT2D eigenvalue weighted by Crippen LogP contribution is 2.18. The minimum Gasteiger partial charge on any atom is -0.486 e. The summed E-state index contributed by atoms with van der Waals surface area (Å²) < 4.78 is 5.63. The molecule has 0 bridgehead atoms. The second kappa shape index (κ2) is 5.63. The van der Waals surface area contributed by atoms with Crippen molar-refractivity contribution in [3.05, 3.63) is 34.8 Å². The van der Waals surface area contributed by atoms with Gasteiger partial charge >= 0.3 is 0 Å². The van der Waals surface area contributed by atoms with Gasteiger partial charge in [-0.25, -0.2) is 0 Å². The molecule has 1 N–H and O–H groups in total. The molecule has 1 heterocycles. The van der Waals surface area contributed by atoms with Gasteiger partial charge in [-0.05, 0) is 24.1 Å². The van der Waals surface area contributed by atoms with Crippen molar-refractivity contribution in [2.24, 2.45) is 0 Å². The third-order valence-electron chi connectivity index (χ3n) is 2.37. The highest BCUT2D eigenvalue weighted by molar-refractivity contribution is 7.15. The maximum Gasteiger partial charge on any atom is 0.205 e. The molecule has 4 nitrogen and oxygen atoms in total. The molecule has 2 aromatic rings. The van der Waals surface area contributed by atoms with Crippen LogP contribution in [-0.4, -0.2) is 17.2 Å². The van der Waals surface area contributed by atoms with E-state index in [1.807, 2.05) is 19.2 Å². The molecular formula is C12H15N3OS. The minimum absolute atomic E-state index is 0.463. The molecule has 90 valence electrons. The van der Waals surface area contributed by atoms with E-state index in [0.29, 0.717) is 6.61 Å². The SMILES string of the molecule is CCc1ccc(OCc2nnc(NC)s2)cc1. The van der Waals surface area contributed by atoms with Crippen LogP contribution in [0.5, 0.6) is 5.75 Å². The van der Waals surface area contributed by atoms with Crippen molar-refractivity contribution in [2.75, 3.05) is 12.4 Å². The Labute approximate surface area is 105 Å². The number of anilines is 1. The van der Waals surface area contributed by atoms with Crippen LogP contribution >= 0.6 is 11.3 Å². The number of benzene rings is 1. The van der Waals surface area contributed by atoms with Crippen molar-refractivity contribution < 1.29 is 4.74 Å². The quantitative estimate of drug-likeness (QED) is 0.885. The van der Waals surface area contributed by atoms with Crippen LogP contribution < -0.4 is 10.1 Å². The van der Waals surface area contributed by atoms with Gasteiger partial charge in [0, 0.05) is 7.05 Å². The highest BCUT2D eigenvalue weighted by atomic mass is 32.1. The van der Waals surface area contributed by atoms with Gasteiger partial charge in [-0.1, -0.05) is 30.4 Å². The molecule has 1 aromatic heterocycles. The van der Waals surface area contributed by atoms with E-state index in [1.165, 1.54) is 16.9 Å². The van der Waals surface area contributed by atoms with Crippen LogP contribution in [0.3, 0.4) is 0 Å². The number of rotatable bonds is 5. The first-order valence-electron chi connectivity index (χ1n) is 5.53. The third-order valence-corrected chi connectivity index (χ3v) is 3.29. The van der Waals surface area contributed by atoms with E-state index in [2.05, 4.69) is 34.6 Å². The Morgan fingerprint density at radius 1 is 1.24 bits per heavy atom. The summed E-state index contributed by atoms with van der Waals surface area (Å²) in [5.41, 5.74) is 1.31. The van der Waals surface area contributed by atoms with E-state index in [4.69, 9.17) is 4.74 Å². The molecule has 2 rings (SSSR count). The Kier molecular flexibility index (Phi) is 3.93. The van der Waals surface area contributed by atoms with Gasteiger partial charge in [-0.2, -0.15) is 0 Å². The van der Waals surface area contributed by atoms with Gasteiger partial charge in [0.15, 0.2) is 5.01 Å². The van der Waals surface area contributed by atoms with Crippen molar-refractivity contribution >= 4 is 16.5 Å². The van der Waals surface area contributed by atoms with Gasteiger partial charge in [0.05, 0.1) is 0 Å². The van der Waals surface area contributed by atoms with E-state index >= 15 is 0 Å². The number of hydrogen-bond acceptors (Lipinski definition) is 5. The first-order valence-corrected chi connectivity index (χ1v) is 6.35. The Morgan fingerprint density at radius 2 is 2.00 bits per heavy atom. The lowest BCUT2D eigenvalue weighted by atomic mass is 10.2. The van der Waals surface area contributed by atoms with Gasteiger partial charge in [-0.3, -0.25) is 0 Å². The lowest BCUT2D eigenvalue weighted by Crippen LogP contribution is -1.94. The molecule has 5 heteroatoms. The molecule has 0 aliphatic heterocycles. The minimum atomic E-state index is 0.463. The Morgan fingerprint density at radius 3 is 2.59 bits per heavy atom. The molecule has 1 aromatic carbocycles. The Balaban J connectivity index is 1.92. The fourth-order valence-electron chi connectivity index (χ4n) is 1.38. The first-order chi connectivity index (χ1) is 8.31. The van der Waals surface area contributed by atoms with Crippen molar-refractivity contribution in [1.82, 2.24) is 10.2 Å². The molecule has 0 aliphatic rings. The second-order valence-corrected chi connectivity index (χ2v) is 4.60. The van der Waals surface area contributed by atoms with Crippen LogP contribution in [0.1, 0.15) is 17.5 Å². The van der Waals surface area contributed by atoms with Gasteiger partial charge in [0.2, 0.25) is 5.13 Å². The molecule has 0 radical (unpaired) electrons. The van der Waals surface area contributed by atoms with Crippen LogP contribution in [0.2, 0.25) is 0 Å². The van der Waals surface area contributed by atoms with Gasteiger partial charge in [-0.15, -0.1) is 10.2 Å². The fraction of sp³-hybridized carbons (Fsp3) is 0.333. The number of hydrogen-bond donors (Lipinski definition) is 1. The number of ether oxygens (including phenoxy) is 1. The number of nitrogens with zero attached hydrogens (tertiary/aromatic N) is 2. The van der Waals surface area contributed by atoms with Crippen molar-refractivity contribution in [3.63, 3.8) is 0 Å². The summed E-state index contributed by atoms with van der Waals surface area (Å²) in [5, 5.41) is 12.6. The zero-order valence-corrected chi connectivity index (χ0v) is 10.8. The number of aromatic nitrogens is 2. The average molecular weight is 249 g/mol. The van der Waals surface area contributed by atoms with E-state index in [-0.39, 0.29) is 0 Å². The standard InChI is InChI=1S/C12H15N3OS/c1-3-9-4-6-10(7-5-9)16-8-11-14-15-12(13-2)17-11/h4-7H,3,8H2,1-2H3,(H,13,15). The normalized spacial score (nSPS) is 10.2. The smallest absolute Gasteiger partial charge is 0.205 e. The van der Waals surface area contributed by atoms with Crippen molar-refractivity contribution in [3.8, 4) is 5.75 Å². The number of nitrogens with one attached hydrogen (secondary N) is 1. The van der Waals surface area contributed by atoms with E-state index in [1.54, 1.807) is 0 Å². The van der Waals surface area contributed by atoms with Crippen molar-refractivity contribution in [1.29, 1.82) is 0 Å². The second-order valence-electron chi connectivity index (χ2n) is 3.54. The van der Waals surface area contributed by atoms with E-state index in [9.17, 15) is 0 Å². The number of aryl methyl sites for hydroxylation is 1. The van der Waals surface area contributed by atoms with Crippen LogP contribution in [-0.2, 0) is 13.0 Å². The van der Waals surface area contributed by atoms with E-state index in [0.717, 1.165) is 22.3 Å². The summed E-state index contributed by atoms with van der Waals surface area (Å²) in [6, 6.07) is 8.13. The monoisotopic (exact) mass is 249 g/mol. The van der Waals surface area contributed by atoms with Gasteiger partial charge in [0.25, 0.3) is 0 Å². The molecule has 0 atom stereocenters. The molecule has 17 heavy (non-hydrogen) atoms. The molecular weight excluding hydrogens is 234 g/mol. The average Bonchev–Trinajstić information content (AvgIpc) is 2.85. The summed E-state index contributed by atoms with van der Waals surface area (Å²) in [7, 11) is 1.83. The summed E-state index contributed by atoms with van der Waals surface area (Å²) in [6.45, 7) is 2.60. The maximum atomic E-state index is 5.63. The topological polar surface area (TPSA) is 47.0 Å². The first kappa shape index (κ1) is 11.9. The van der Waals surface area contributed by atoms with Gasteiger partial charge in [0.1, 0.15) is 12.4 Å². The largest absolute Gasteiger partial charge is 0.486 e. The summed E-state index contributed by atoms with van der Waals surface area (Å²) >= 11 is 1.50. The molecule has 0 saturated carbocycles. The third kappa shape index (κ3) is 3.17. The summed E-state index contributed by atoms with van der Waals surface area (Å²) in [6.07, 6.45) is 1.04. The van der Waals surface area contributed by atoms with Crippen molar-refractivity contribution in [2.45, 2.75) is 20.0 Å². The lowest BCUT2D eigenvalue weighted by Gasteiger charge is -2.04. The lowest BCUT2D eigenvalue weighted by molar-refractivity contribution is 0.304. The van der Waals surface area contributed by atoms with Crippen LogP contribution in [0.15, 0.2) is 24.3 Å². The Hall–Kier alpha value is -1.62. The zero-order valence-electron chi connectivity index (χ0n) is 9.93. The summed E-state index contributed by atoms with van der Waals surface area (Å²) in [4.78, 5) is 0. The fourth-order valence-corrected chi connectivity index (χ4v) is 1.99. The van der Waals surface area contributed by atoms with Crippen LogP contribution in [0.25, 0.3) is 0 Å². The zero-order chi connectivity index (χ0) is 12.1. The molecule has 0 amide bonds. The summed E-state index contributed by atoms with van der Waals surface area (Å²) in [5.74, 6) is 0.864. The molecule has 0 spiro atoms. The predicted octanol–water partition coefficient (Wildman–Crippen LogP) is 2.72. The van der Waals surface area contributed by atoms with Gasteiger partial charge < -0.3 is 10.1 Å². The molecule has 0 aliphatic carbocycles. The van der Waals surface area contributed by atoms with E-state index < -0.39 is 0 Å². The van der Waals surface area contributed by atoms with Crippen LogP contribution in [0, 0.1) is 0 Å². The predicted molar refractivity (Wildman–Crippen MR) is 69.6 cm³/mol. The van der Waals surface area contributed by atoms with Crippen LogP contribution in [0.4, 0.5) is 5.13 Å².